The first-order chi connectivity index (χ1) is 11.8. The van der Waals surface area contributed by atoms with Crippen LogP contribution in [0.3, 0.4) is 0 Å². The summed E-state index contributed by atoms with van der Waals surface area (Å²) < 4.78 is 24.1. The van der Waals surface area contributed by atoms with Gasteiger partial charge in [0.1, 0.15) is 0 Å². The average molecular weight is 386 g/mol. The lowest BCUT2D eigenvalue weighted by atomic mass is 9.93. The molecular formula is C16H22N2O5S2. The van der Waals surface area contributed by atoms with Crippen LogP contribution in [0.1, 0.15) is 38.5 Å². The van der Waals surface area contributed by atoms with Crippen molar-refractivity contribution in [2.45, 2.75) is 55.9 Å². The van der Waals surface area contributed by atoms with Crippen molar-refractivity contribution in [3.8, 4) is 0 Å². The van der Waals surface area contributed by atoms with E-state index < -0.39 is 21.7 Å². The van der Waals surface area contributed by atoms with Gasteiger partial charge in [0.15, 0.2) is 15.0 Å². The molecule has 2 aliphatic heterocycles. The fourth-order valence-electron chi connectivity index (χ4n) is 4.91. The van der Waals surface area contributed by atoms with Crippen LogP contribution in [0.15, 0.2) is 4.99 Å². The standard InChI is InChI=1S/C16H22N2O5S2/c19-14(3-4-15(20)21)17-16-18(11-6-9-1-2-10(11)5-9)12-7-25(22,23)8-13(12)24-16/h9-13H,1-8H2,(H,20,21)/t9-,10-,11+,12-,13+/m1/s1. The second-order valence-electron chi connectivity index (χ2n) is 7.63. The molecule has 7 nitrogen and oxygen atoms in total. The third-order valence-corrected chi connectivity index (χ3v) is 9.16. The van der Waals surface area contributed by atoms with Gasteiger partial charge in [-0.3, -0.25) is 9.59 Å². The molecule has 0 unspecified atom stereocenters. The zero-order valence-electron chi connectivity index (χ0n) is 13.8. The van der Waals surface area contributed by atoms with Gasteiger partial charge in [-0.2, -0.15) is 4.99 Å². The molecule has 1 amide bonds. The number of carbonyl (C=O) groups is 2. The average Bonchev–Trinajstić information content (AvgIpc) is 3.24. The van der Waals surface area contributed by atoms with Gasteiger partial charge in [0.2, 0.25) is 5.91 Å². The van der Waals surface area contributed by atoms with Gasteiger partial charge in [0, 0.05) is 17.7 Å². The Morgan fingerprint density at radius 1 is 1.16 bits per heavy atom. The Balaban J connectivity index is 1.57. The summed E-state index contributed by atoms with van der Waals surface area (Å²) in [7, 11) is -3.03. The summed E-state index contributed by atoms with van der Waals surface area (Å²) in [6.07, 6.45) is 4.32. The monoisotopic (exact) mass is 386 g/mol. The highest BCUT2D eigenvalue weighted by Gasteiger charge is 2.54. The highest BCUT2D eigenvalue weighted by Crippen LogP contribution is 2.51. The van der Waals surface area contributed by atoms with E-state index >= 15 is 0 Å². The topological polar surface area (TPSA) is 104 Å². The number of aliphatic carboxylic acids is 1. The van der Waals surface area contributed by atoms with Gasteiger partial charge in [-0.15, -0.1) is 0 Å². The molecule has 138 valence electrons. The van der Waals surface area contributed by atoms with E-state index in [-0.39, 0.29) is 41.7 Å². The van der Waals surface area contributed by atoms with Crippen molar-refractivity contribution in [2.24, 2.45) is 16.8 Å². The summed E-state index contributed by atoms with van der Waals surface area (Å²) in [5, 5.41) is 9.29. The number of thioether (sulfide) groups is 1. The lowest BCUT2D eigenvalue weighted by Gasteiger charge is -2.36. The van der Waals surface area contributed by atoms with E-state index in [1.165, 1.54) is 31.0 Å². The van der Waals surface area contributed by atoms with Crippen LogP contribution in [0.2, 0.25) is 0 Å². The molecule has 4 aliphatic rings. The quantitative estimate of drug-likeness (QED) is 0.772. The van der Waals surface area contributed by atoms with E-state index in [0.29, 0.717) is 17.0 Å². The Morgan fingerprint density at radius 3 is 2.60 bits per heavy atom. The van der Waals surface area contributed by atoms with Crippen molar-refractivity contribution < 1.29 is 23.1 Å². The van der Waals surface area contributed by atoms with Crippen LogP contribution in [-0.2, 0) is 19.4 Å². The minimum absolute atomic E-state index is 0.0600. The number of carboxylic acids is 1. The lowest BCUT2D eigenvalue weighted by Crippen LogP contribution is -2.47. The maximum absolute atomic E-state index is 12.1. The molecule has 25 heavy (non-hydrogen) atoms. The van der Waals surface area contributed by atoms with Gasteiger partial charge in [-0.05, 0) is 31.1 Å². The van der Waals surface area contributed by atoms with E-state index in [1.807, 2.05) is 0 Å². The Kier molecular flexibility index (Phi) is 4.34. The fourth-order valence-corrected chi connectivity index (χ4v) is 8.90. The molecule has 1 N–H and O–H groups in total. The van der Waals surface area contributed by atoms with E-state index in [4.69, 9.17) is 5.11 Å². The Bertz CT molecular complexity index is 735. The third-order valence-electron chi connectivity index (χ3n) is 5.94. The summed E-state index contributed by atoms with van der Waals surface area (Å²) in [4.78, 5) is 29.0. The number of fused-ring (bicyclic) bond motifs is 3. The number of amides is 1. The lowest BCUT2D eigenvalue weighted by molar-refractivity contribution is -0.138. The molecule has 0 radical (unpaired) electrons. The first kappa shape index (κ1) is 17.3. The molecule has 2 aliphatic carbocycles. The predicted molar refractivity (Wildman–Crippen MR) is 94.2 cm³/mol. The number of hydrogen-bond donors (Lipinski definition) is 1. The molecule has 2 saturated carbocycles. The molecule has 4 fully saturated rings. The molecule has 0 aromatic heterocycles. The van der Waals surface area contributed by atoms with E-state index in [1.54, 1.807) is 0 Å². The predicted octanol–water partition coefficient (Wildman–Crippen LogP) is 1.14. The summed E-state index contributed by atoms with van der Waals surface area (Å²) in [5.41, 5.74) is 0. The van der Waals surface area contributed by atoms with E-state index in [2.05, 4.69) is 9.89 Å². The van der Waals surface area contributed by atoms with Crippen LogP contribution in [0.5, 0.6) is 0 Å². The van der Waals surface area contributed by atoms with Gasteiger partial charge in [-0.25, -0.2) is 8.42 Å². The smallest absolute Gasteiger partial charge is 0.303 e. The second-order valence-corrected chi connectivity index (χ2v) is 11.0. The third kappa shape index (κ3) is 3.32. The molecule has 2 saturated heterocycles. The number of carbonyl (C=O) groups excluding carboxylic acids is 1. The van der Waals surface area contributed by atoms with Gasteiger partial charge in [0.25, 0.3) is 0 Å². The highest BCUT2D eigenvalue weighted by atomic mass is 32.2. The van der Waals surface area contributed by atoms with Gasteiger partial charge in [0.05, 0.1) is 24.0 Å². The number of nitrogens with zero attached hydrogens (tertiary/aromatic N) is 2. The molecule has 0 spiro atoms. The fraction of sp³-hybridized carbons (Fsp3) is 0.812. The molecule has 4 rings (SSSR count). The normalized spacial score (nSPS) is 39.9. The molecule has 2 bridgehead atoms. The maximum Gasteiger partial charge on any atom is 0.303 e. The number of hydrogen-bond acceptors (Lipinski definition) is 5. The highest BCUT2D eigenvalue weighted by molar-refractivity contribution is 8.15. The van der Waals surface area contributed by atoms with E-state index in [9.17, 15) is 18.0 Å². The molecular weight excluding hydrogens is 364 g/mol. The van der Waals surface area contributed by atoms with Gasteiger partial charge >= 0.3 is 5.97 Å². The zero-order chi connectivity index (χ0) is 17.8. The Hall–Kier alpha value is -1.09. The number of aliphatic imine (C=N–C) groups is 1. The van der Waals surface area contributed by atoms with Crippen LogP contribution in [-0.4, -0.2) is 64.3 Å². The minimum Gasteiger partial charge on any atom is -0.481 e. The van der Waals surface area contributed by atoms with Crippen molar-refractivity contribution >= 4 is 38.6 Å². The molecule has 2 heterocycles. The van der Waals surface area contributed by atoms with Crippen molar-refractivity contribution in [3.63, 3.8) is 0 Å². The number of rotatable bonds is 4. The van der Waals surface area contributed by atoms with Crippen LogP contribution in [0.4, 0.5) is 0 Å². The summed E-state index contributed by atoms with van der Waals surface area (Å²) in [6, 6.07) is 0.186. The summed E-state index contributed by atoms with van der Waals surface area (Å²) in [5.74, 6) is 0.109. The minimum atomic E-state index is -3.03. The summed E-state index contributed by atoms with van der Waals surface area (Å²) >= 11 is 1.40. The molecule has 0 aromatic carbocycles. The number of carboxylic acid groups (broad SMARTS) is 1. The largest absolute Gasteiger partial charge is 0.481 e. The Morgan fingerprint density at radius 2 is 1.96 bits per heavy atom. The molecule has 0 aromatic rings. The van der Waals surface area contributed by atoms with Crippen LogP contribution in [0, 0.1) is 11.8 Å². The van der Waals surface area contributed by atoms with Crippen molar-refractivity contribution in [3.05, 3.63) is 0 Å². The van der Waals surface area contributed by atoms with Gasteiger partial charge in [-0.1, -0.05) is 18.2 Å². The maximum atomic E-state index is 12.1. The number of sulfone groups is 1. The molecule has 9 heteroatoms. The zero-order valence-corrected chi connectivity index (χ0v) is 15.5. The Labute approximate surface area is 151 Å². The molecule has 5 atom stereocenters. The van der Waals surface area contributed by atoms with Crippen LogP contribution in [0.25, 0.3) is 0 Å². The van der Waals surface area contributed by atoms with Crippen molar-refractivity contribution in [1.29, 1.82) is 0 Å². The summed E-state index contributed by atoms with van der Waals surface area (Å²) in [6.45, 7) is 0. The number of amidine groups is 1. The van der Waals surface area contributed by atoms with E-state index in [0.717, 1.165) is 6.42 Å². The van der Waals surface area contributed by atoms with Crippen molar-refractivity contribution in [1.82, 2.24) is 4.90 Å². The first-order valence-electron chi connectivity index (χ1n) is 8.81. The van der Waals surface area contributed by atoms with Gasteiger partial charge < -0.3 is 10.0 Å². The first-order valence-corrected chi connectivity index (χ1v) is 11.5. The second kappa shape index (κ2) is 6.26. The van der Waals surface area contributed by atoms with Crippen LogP contribution >= 0.6 is 11.8 Å². The van der Waals surface area contributed by atoms with Crippen LogP contribution < -0.4 is 0 Å². The van der Waals surface area contributed by atoms with Crippen molar-refractivity contribution in [2.75, 3.05) is 11.5 Å². The SMILES string of the molecule is O=C(O)CCC(=O)N=C1S[C@H]2CS(=O)(=O)C[C@H]2N1[C@H]1C[C@@H]2CC[C@@H]1C2.